The summed E-state index contributed by atoms with van der Waals surface area (Å²) in [5, 5.41) is 0. The summed E-state index contributed by atoms with van der Waals surface area (Å²) >= 11 is 0. The molecule has 0 atom stereocenters. The first-order valence-corrected chi connectivity index (χ1v) is 5.62. The molecular formula is C14H20. The highest BCUT2D eigenvalue weighted by atomic mass is 13.9. The normalized spacial score (nSPS) is 24.0. The van der Waals surface area contributed by atoms with E-state index < -0.39 is 0 Å². The Labute approximate surface area is 87.7 Å². The van der Waals surface area contributed by atoms with Crippen LogP contribution in [0.25, 0.3) is 0 Å². The van der Waals surface area contributed by atoms with Gasteiger partial charge in [-0.15, -0.1) is 0 Å². The number of hydrogen-bond acceptors (Lipinski definition) is 0. The molecule has 0 aliphatic heterocycles. The zero-order valence-electron chi connectivity index (χ0n) is 8.86. The molecule has 1 aliphatic rings. The van der Waals surface area contributed by atoms with Crippen LogP contribution < -0.4 is 0 Å². The predicted octanol–water partition coefficient (Wildman–Crippen LogP) is 4.57. The zero-order chi connectivity index (χ0) is 9.90. The van der Waals surface area contributed by atoms with E-state index in [2.05, 4.69) is 48.6 Å². The van der Waals surface area contributed by atoms with Gasteiger partial charge in [-0.2, -0.15) is 0 Å². The number of hydrogen-bond donors (Lipinski definition) is 0. The molecule has 0 heteroatoms. The second-order valence-electron chi connectivity index (χ2n) is 3.55. The highest BCUT2D eigenvalue weighted by molar-refractivity contribution is 5.05. The van der Waals surface area contributed by atoms with Crippen molar-refractivity contribution in [3.8, 4) is 0 Å². The summed E-state index contributed by atoms with van der Waals surface area (Å²) in [4.78, 5) is 0. The van der Waals surface area contributed by atoms with Crippen molar-refractivity contribution in [1.82, 2.24) is 0 Å². The molecule has 76 valence electrons. The third kappa shape index (κ3) is 6.47. The van der Waals surface area contributed by atoms with Crippen molar-refractivity contribution in [3.05, 3.63) is 48.6 Å². The van der Waals surface area contributed by atoms with Crippen molar-refractivity contribution in [2.75, 3.05) is 0 Å². The molecule has 0 radical (unpaired) electrons. The number of allylic oxidation sites excluding steroid dienone is 8. The molecule has 0 unspecified atom stereocenters. The maximum Gasteiger partial charge on any atom is -0.0166 e. The summed E-state index contributed by atoms with van der Waals surface area (Å²) in [6, 6.07) is 0. The van der Waals surface area contributed by atoms with E-state index in [1.165, 1.54) is 25.7 Å². The summed E-state index contributed by atoms with van der Waals surface area (Å²) in [5.74, 6) is 0. The van der Waals surface area contributed by atoms with Crippen LogP contribution in [-0.4, -0.2) is 0 Å². The summed E-state index contributed by atoms with van der Waals surface area (Å²) in [6.07, 6.45) is 25.0. The second kappa shape index (κ2) is 8.55. The molecule has 1 aliphatic carbocycles. The van der Waals surface area contributed by atoms with Gasteiger partial charge in [0.05, 0.1) is 0 Å². The standard InChI is InChI=1S/C14H20/c1-2-4-6-8-10-12-14-13-11-9-7-5-3-1/h1-4,7,9,13-14H,5-6,8,10-12H2/b3-1?,4-2?,9-7-,14-13+. The van der Waals surface area contributed by atoms with E-state index in [0.717, 1.165) is 12.8 Å². The minimum Gasteiger partial charge on any atom is -0.0882 e. The van der Waals surface area contributed by atoms with Gasteiger partial charge in [0.1, 0.15) is 0 Å². The van der Waals surface area contributed by atoms with Crippen LogP contribution in [0.5, 0.6) is 0 Å². The highest BCUT2D eigenvalue weighted by Crippen LogP contribution is 2.03. The Morgan fingerprint density at radius 2 is 1.07 bits per heavy atom. The molecule has 0 N–H and O–H groups in total. The van der Waals surface area contributed by atoms with Crippen LogP contribution >= 0.6 is 0 Å². The lowest BCUT2D eigenvalue weighted by Crippen LogP contribution is -1.72. The molecule has 0 heterocycles. The number of rotatable bonds is 0. The van der Waals surface area contributed by atoms with E-state index >= 15 is 0 Å². The highest BCUT2D eigenvalue weighted by Gasteiger charge is 1.83. The molecule has 0 aromatic rings. The fourth-order valence-corrected chi connectivity index (χ4v) is 1.42. The average Bonchev–Trinajstić information content (AvgIpc) is 2.22. The molecule has 0 saturated carbocycles. The van der Waals surface area contributed by atoms with Gasteiger partial charge in [-0.25, -0.2) is 0 Å². The van der Waals surface area contributed by atoms with E-state index in [-0.39, 0.29) is 0 Å². The Balaban J connectivity index is 2.35. The van der Waals surface area contributed by atoms with Crippen molar-refractivity contribution in [2.24, 2.45) is 0 Å². The Kier molecular flexibility index (Phi) is 6.74. The van der Waals surface area contributed by atoms with Gasteiger partial charge < -0.3 is 0 Å². The van der Waals surface area contributed by atoms with Crippen LogP contribution in [0, 0.1) is 0 Å². The largest absolute Gasteiger partial charge is 0.0882 e. The fourth-order valence-electron chi connectivity index (χ4n) is 1.42. The molecule has 0 spiro atoms. The second-order valence-corrected chi connectivity index (χ2v) is 3.55. The molecule has 0 amide bonds. The van der Waals surface area contributed by atoms with Gasteiger partial charge in [-0.05, 0) is 38.5 Å². The molecule has 1 rings (SSSR count). The van der Waals surface area contributed by atoms with E-state index in [1.807, 2.05) is 0 Å². The minimum atomic E-state index is 1.05. The first kappa shape index (κ1) is 11.0. The fraction of sp³-hybridized carbons (Fsp3) is 0.429. The lowest BCUT2D eigenvalue weighted by atomic mass is 10.1. The van der Waals surface area contributed by atoms with Gasteiger partial charge in [0.15, 0.2) is 0 Å². The maximum atomic E-state index is 2.30. The van der Waals surface area contributed by atoms with E-state index in [9.17, 15) is 0 Å². The van der Waals surface area contributed by atoms with Crippen LogP contribution in [0.2, 0.25) is 0 Å². The molecule has 14 heavy (non-hydrogen) atoms. The Hall–Kier alpha value is -1.04. The van der Waals surface area contributed by atoms with Gasteiger partial charge in [0.25, 0.3) is 0 Å². The van der Waals surface area contributed by atoms with Crippen molar-refractivity contribution < 1.29 is 0 Å². The molecule has 0 aromatic heterocycles. The topological polar surface area (TPSA) is 0 Å². The lowest BCUT2D eigenvalue weighted by Gasteiger charge is -1.93. The summed E-state index contributed by atoms with van der Waals surface area (Å²) in [7, 11) is 0. The molecule has 0 saturated heterocycles. The van der Waals surface area contributed by atoms with Gasteiger partial charge in [-0.3, -0.25) is 0 Å². The average molecular weight is 188 g/mol. The monoisotopic (exact) mass is 188 g/mol. The van der Waals surface area contributed by atoms with Crippen molar-refractivity contribution in [2.45, 2.75) is 38.5 Å². The van der Waals surface area contributed by atoms with Crippen LogP contribution in [0.3, 0.4) is 0 Å². The molecule has 0 aromatic carbocycles. The lowest BCUT2D eigenvalue weighted by molar-refractivity contribution is 0.761. The van der Waals surface area contributed by atoms with Crippen LogP contribution in [0.15, 0.2) is 48.6 Å². The van der Waals surface area contributed by atoms with Crippen LogP contribution in [0.1, 0.15) is 38.5 Å². The predicted molar refractivity (Wildman–Crippen MR) is 64.3 cm³/mol. The third-order valence-corrected chi connectivity index (χ3v) is 2.25. The minimum absolute atomic E-state index is 1.05. The van der Waals surface area contributed by atoms with Crippen molar-refractivity contribution >= 4 is 0 Å². The van der Waals surface area contributed by atoms with Gasteiger partial charge in [0.2, 0.25) is 0 Å². The molecular weight excluding hydrogens is 168 g/mol. The van der Waals surface area contributed by atoms with E-state index in [1.54, 1.807) is 0 Å². The zero-order valence-corrected chi connectivity index (χ0v) is 8.86. The Morgan fingerprint density at radius 1 is 0.500 bits per heavy atom. The quantitative estimate of drug-likeness (QED) is 0.489. The van der Waals surface area contributed by atoms with E-state index in [4.69, 9.17) is 0 Å². The van der Waals surface area contributed by atoms with Gasteiger partial charge in [0, 0.05) is 0 Å². The molecule has 0 nitrogen and oxygen atoms in total. The summed E-state index contributed by atoms with van der Waals surface area (Å²) < 4.78 is 0. The van der Waals surface area contributed by atoms with Crippen LogP contribution in [-0.2, 0) is 0 Å². The summed E-state index contributed by atoms with van der Waals surface area (Å²) in [6.45, 7) is 0. The summed E-state index contributed by atoms with van der Waals surface area (Å²) in [5.41, 5.74) is 0. The van der Waals surface area contributed by atoms with Crippen molar-refractivity contribution in [1.29, 1.82) is 0 Å². The first-order valence-electron chi connectivity index (χ1n) is 5.62. The smallest absolute Gasteiger partial charge is 0.0166 e. The Morgan fingerprint density at radius 3 is 1.93 bits per heavy atom. The van der Waals surface area contributed by atoms with Crippen LogP contribution in [0.4, 0.5) is 0 Å². The molecule has 0 bridgehead atoms. The van der Waals surface area contributed by atoms with Gasteiger partial charge in [-0.1, -0.05) is 48.6 Å². The van der Waals surface area contributed by atoms with Gasteiger partial charge >= 0.3 is 0 Å². The Bertz CT molecular complexity index is 228. The SMILES string of the molecule is C1=CC/C=C\C/C=C/CCCCC=C1. The first-order chi connectivity index (χ1) is 7.00. The van der Waals surface area contributed by atoms with E-state index in [0.29, 0.717) is 0 Å². The third-order valence-electron chi connectivity index (χ3n) is 2.25. The maximum absolute atomic E-state index is 2.30. The molecule has 0 fully saturated rings. The van der Waals surface area contributed by atoms with Crippen molar-refractivity contribution in [3.63, 3.8) is 0 Å².